The van der Waals surface area contributed by atoms with Gasteiger partial charge in [-0.2, -0.15) is 10.1 Å². The molecular formula is C16H19N7O3. The third kappa shape index (κ3) is 3.21. The van der Waals surface area contributed by atoms with Gasteiger partial charge in [-0.25, -0.2) is 9.31 Å². The number of rotatable bonds is 5. The van der Waals surface area contributed by atoms with Crippen LogP contribution in [-0.2, 0) is 11.8 Å². The number of aryl methyl sites for hydroxylation is 1. The first kappa shape index (κ1) is 17.4. The number of nitrogens with one attached hydrogen (secondary N) is 1. The van der Waals surface area contributed by atoms with Crippen LogP contribution in [0.5, 0.6) is 0 Å². The van der Waals surface area contributed by atoms with E-state index in [-0.39, 0.29) is 17.9 Å². The lowest BCUT2D eigenvalue weighted by Gasteiger charge is -2.08. The minimum absolute atomic E-state index is 0.114. The first-order chi connectivity index (χ1) is 12.4. The van der Waals surface area contributed by atoms with Crippen molar-refractivity contribution in [2.24, 2.45) is 7.05 Å². The number of nitrogens with zero attached hydrogens (tertiary/aromatic N) is 6. The van der Waals surface area contributed by atoms with E-state index in [2.05, 4.69) is 20.5 Å². The Morgan fingerprint density at radius 2 is 2.08 bits per heavy atom. The van der Waals surface area contributed by atoms with E-state index in [4.69, 9.17) is 4.74 Å². The van der Waals surface area contributed by atoms with Gasteiger partial charge in [0.2, 0.25) is 5.95 Å². The zero-order chi connectivity index (χ0) is 18.8. The zero-order valence-electron chi connectivity index (χ0n) is 14.9. The Labute approximate surface area is 149 Å². The Bertz CT molecular complexity index is 974. The van der Waals surface area contributed by atoms with Crippen LogP contribution >= 0.6 is 0 Å². The van der Waals surface area contributed by atoms with Gasteiger partial charge in [0, 0.05) is 21.1 Å². The summed E-state index contributed by atoms with van der Waals surface area (Å²) >= 11 is 0. The highest BCUT2D eigenvalue weighted by molar-refractivity contribution is 6.09. The molecule has 10 heteroatoms. The number of amides is 1. The highest BCUT2D eigenvalue weighted by atomic mass is 16.5. The van der Waals surface area contributed by atoms with Gasteiger partial charge in [0.05, 0.1) is 24.7 Å². The van der Waals surface area contributed by atoms with Crippen molar-refractivity contribution in [1.82, 2.24) is 24.4 Å². The fraction of sp³-hybridized carbons (Fsp3) is 0.312. The summed E-state index contributed by atoms with van der Waals surface area (Å²) in [7, 11) is 5.27. The van der Waals surface area contributed by atoms with Crippen LogP contribution in [0, 0.1) is 0 Å². The van der Waals surface area contributed by atoms with Gasteiger partial charge in [0.15, 0.2) is 5.65 Å². The van der Waals surface area contributed by atoms with E-state index < -0.39 is 11.9 Å². The van der Waals surface area contributed by atoms with Crippen LogP contribution in [0.25, 0.3) is 5.65 Å². The van der Waals surface area contributed by atoms with Gasteiger partial charge in [-0.05, 0) is 19.1 Å². The van der Waals surface area contributed by atoms with Gasteiger partial charge in [-0.15, -0.1) is 5.10 Å². The predicted molar refractivity (Wildman–Crippen MR) is 94.4 cm³/mol. The summed E-state index contributed by atoms with van der Waals surface area (Å²) in [5.41, 5.74) is 1.40. The molecule has 0 saturated carbocycles. The minimum Gasteiger partial charge on any atom is -0.462 e. The maximum Gasteiger partial charge on any atom is 0.342 e. The summed E-state index contributed by atoms with van der Waals surface area (Å²) < 4.78 is 7.87. The second-order valence-corrected chi connectivity index (χ2v) is 5.73. The first-order valence-corrected chi connectivity index (χ1v) is 7.95. The van der Waals surface area contributed by atoms with Crippen molar-refractivity contribution < 1.29 is 14.3 Å². The Hall–Kier alpha value is -3.43. The smallest absolute Gasteiger partial charge is 0.342 e. The van der Waals surface area contributed by atoms with Gasteiger partial charge in [-0.3, -0.25) is 9.48 Å². The summed E-state index contributed by atoms with van der Waals surface area (Å²) in [6, 6.07) is 3.45. The van der Waals surface area contributed by atoms with Crippen molar-refractivity contribution in [2.45, 2.75) is 6.92 Å². The fourth-order valence-electron chi connectivity index (χ4n) is 2.39. The van der Waals surface area contributed by atoms with E-state index in [1.165, 1.54) is 10.9 Å². The molecule has 0 fully saturated rings. The monoisotopic (exact) mass is 357 g/mol. The topological polar surface area (TPSA) is 107 Å². The maximum atomic E-state index is 12.6. The summed E-state index contributed by atoms with van der Waals surface area (Å²) in [6.07, 6.45) is 2.96. The van der Waals surface area contributed by atoms with Crippen molar-refractivity contribution in [3.05, 3.63) is 35.8 Å². The lowest BCUT2D eigenvalue weighted by Crippen LogP contribution is -2.20. The number of anilines is 2. The SMILES string of the molecule is CCOC(=O)c1cnn(C)c1C(=O)Nc1ccc2nc(N(C)C)nn2c1. The maximum absolute atomic E-state index is 12.6. The van der Waals surface area contributed by atoms with Crippen LogP contribution in [0.2, 0.25) is 0 Å². The molecule has 0 unspecified atom stereocenters. The molecule has 1 amide bonds. The lowest BCUT2D eigenvalue weighted by atomic mass is 10.2. The van der Waals surface area contributed by atoms with E-state index in [1.807, 2.05) is 14.1 Å². The normalized spacial score (nSPS) is 10.8. The van der Waals surface area contributed by atoms with Crippen molar-refractivity contribution in [3.8, 4) is 0 Å². The molecule has 0 saturated heterocycles. The van der Waals surface area contributed by atoms with Gasteiger partial charge < -0.3 is 15.0 Å². The second-order valence-electron chi connectivity index (χ2n) is 5.73. The molecule has 3 aromatic heterocycles. The standard InChI is InChI=1S/C16H19N7O3/c1-5-26-15(25)11-8-17-22(4)13(11)14(24)18-10-6-7-12-19-16(21(2)3)20-23(12)9-10/h6-9H,5H2,1-4H3,(H,18,24). The van der Waals surface area contributed by atoms with Crippen LogP contribution in [0.1, 0.15) is 27.8 Å². The molecule has 10 nitrogen and oxygen atoms in total. The van der Waals surface area contributed by atoms with Crippen LogP contribution in [0.15, 0.2) is 24.5 Å². The molecule has 26 heavy (non-hydrogen) atoms. The Morgan fingerprint density at radius 3 is 2.77 bits per heavy atom. The lowest BCUT2D eigenvalue weighted by molar-refractivity contribution is 0.0523. The number of hydrogen-bond acceptors (Lipinski definition) is 7. The molecule has 1 N–H and O–H groups in total. The average Bonchev–Trinajstić information content (AvgIpc) is 3.18. The molecule has 0 aliphatic carbocycles. The first-order valence-electron chi connectivity index (χ1n) is 7.95. The number of ether oxygens (including phenoxy) is 1. The molecule has 3 rings (SSSR count). The average molecular weight is 357 g/mol. The second kappa shape index (κ2) is 6.82. The summed E-state index contributed by atoms with van der Waals surface area (Å²) in [4.78, 5) is 30.8. The summed E-state index contributed by atoms with van der Waals surface area (Å²) in [6.45, 7) is 1.91. The Kier molecular flexibility index (Phi) is 4.57. The summed E-state index contributed by atoms with van der Waals surface area (Å²) in [5, 5.41) is 11.0. The van der Waals surface area contributed by atoms with Crippen molar-refractivity contribution in [1.29, 1.82) is 0 Å². The fourth-order valence-corrected chi connectivity index (χ4v) is 2.39. The van der Waals surface area contributed by atoms with Crippen molar-refractivity contribution in [3.63, 3.8) is 0 Å². The van der Waals surface area contributed by atoms with E-state index >= 15 is 0 Å². The Balaban J connectivity index is 1.87. The number of hydrogen-bond donors (Lipinski definition) is 1. The van der Waals surface area contributed by atoms with Crippen molar-refractivity contribution in [2.75, 3.05) is 30.9 Å². The van der Waals surface area contributed by atoms with E-state index in [9.17, 15) is 9.59 Å². The van der Waals surface area contributed by atoms with Crippen molar-refractivity contribution >= 4 is 29.2 Å². The van der Waals surface area contributed by atoms with Crippen LogP contribution in [0.3, 0.4) is 0 Å². The Morgan fingerprint density at radius 1 is 1.31 bits per heavy atom. The quantitative estimate of drug-likeness (QED) is 0.678. The molecule has 0 spiro atoms. The van der Waals surface area contributed by atoms with Crippen LogP contribution < -0.4 is 10.2 Å². The predicted octanol–water partition coefficient (Wildman–Crippen LogP) is 0.958. The van der Waals surface area contributed by atoms with Crippen LogP contribution in [-0.4, -0.2) is 57.0 Å². The molecule has 0 atom stereocenters. The molecule has 3 aromatic rings. The number of fused-ring (bicyclic) bond motifs is 1. The molecule has 0 radical (unpaired) electrons. The third-order valence-electron chi connectivity index (χ3n) is 3.63. The highest BCUT2D eigenvalue weighted by Crippen LogP contribution is 2.16. The highest BCUT2D eigenvalue weighted by Gasteiger charge is 2.23. The molecule has 0 aliphatic rings. The van der Waals surface area contributed by atoms with E-state index in [0.29, 0.717) is 17.3 Å². The molecule has 0 bridgehead atoms. The number of carbonyl (C=O) groups is 2. The minimum atomic E-state index is -0.590. The summed E-state index contributed by atoms with van der Waals surface area (Å²) in [5.74, 6) is -0.502. The number of carbonyl (C=O) groups excluding carboxylic acids is 2. The zero-order valence-corrected chi connectivity index (χ0v) is 14.9. The molecule has 0 aromatic carbocycles. The van der Waals surface area contributed by atoms with Gasteiger partial charge in [-0.1, -0.05) is 0 Å². The number of aromatic nitrogens is 5. The molecular weight excluding hydrogens is 338 g/mol. The molecule has 136 valence electrons. The molecule has 0 aliphatic heterocycles. The molecule has 3 heterocycles. The van der Waals surface area contributed by atoms with Gasteiger partial charge in [0.25, 0.3) is 5.91 Å². The largest absolute Gasteiger partial charge is 0.462 e. The van der Waals surface area contributed by atoms with Crippen LogP contribution in [0.4, 0.5) is 11.6 Å². The third-order valence-corrected chi connectivity index (χ3v) is 3.63. The van der Waals surface area contributed by atoms with Gasteiger partial charge in [0.1, 0.15) is 11.3 Å². The number of pyridine rings is 1. The number of esters is 1. The van der Waals surface area contributed by atoms with E-state index in [0.717, 1.165) is 0 Å². The van der Waals surface area contributed by atoms with Gasteiger partial charge >= 0.3 is 5.97 Å². The van der Waals surface area contributed by atoms with E-state index in [1.54, 1.807) is 41.7 Å².